The number of methoxy groups -OCH3 is 1. The van der Waals surface area contributed by atoms with Gasteiger partial charge in [-0.1, -0.05) is 17.7 Å². The van der Waals surface area contributed by atoms with Crippen LogP contribution in [0.5, 0.6) is 0 Å². The molecular weight excluding hydrogens is 278 g/mol. The first-order chi connectivity index (χ1) is 8.51. The first-order valence-electron chi connectivity index (χ1n) is 5.39. The van der Waals surface area contributed by atoms with Gasteiger partial charge in [0.05, 0.1) is 11.6 Å². The lowest BCUT2D eigenvalue weighted by molar-refractivity contribution is 0.196. The highest BCUT2D eigenvalue weighted by Crippen LogP contribution is 2.22. The van der Waals surface area contributed by atoms with Crippen LogP contribution in [0.3, 0.4) is 0 Å². The molecule has 102 valence electrons. The second-order valence-corrected chi connectivity index (χ2v) is 5.81. The minimum Gasteiger partial charge on any atom is -0.392 e. The maximum atomic E-state index is 12.0. The number of aliphatic hydroxyl groups is 1. The SMILES string of the molecule is COCCCNS(=O)(=O)c1cc(CO)ccc1Cl. The van der Waals surface area contributed by atoms with Crippen LogP contribution in [0.15, 0.2) is 23.1 Å². The zero-order valence-corrected chi connectivity index (χ0v) is 11.6. The van der Waals surface area contributed by atoms with Gasteiger partial charge in [0.2, 0.25) is 10.0 Å². The molecule has 2 N–H and O–H groups in total. The number of aliphatic hydroxyl groups excluding tert-OH is 1. The number of halogens is 1. The van der Waals surface area contributed by atoms with Gasteiger partial charge in [-0.2, -0.15) is 0 Å². The Bertz CT molecular complexity index is 490. The van der Waals surface area contributed by atoms with Crippen molar-refractivity contribution in [1.82, 2.24) is 4.72 Å². The number of sulfonamides is 1. The summed E-state index contributed by atoms with van der Waals surface area (Å²) in [5.41, 5.74) is 0.497. The van der Waals surface area contributed by atoms with Crippen LogP contribution in [0.25, 0.3) is 0 Å². The van der Waals surface area contributed by atoms with Gasteiger partial charge in [0.1, 0.15) is 4.90 Å². The molecule has 0 amide bonds. The number of benzene rings is 1. The van der Waals surface area contributed by atoms with E-state index >= 15 is 0 Å². The van der Waals surface area contributed by atoms with Crippen LogP contribution in [0.4, 0.5) is 0 Å². The minimum absolute atomic E-state index is 0.0202. The summed E-state index contributed by atoms with van der Waals surface area (Å²) in [6.07, 6.45) is 0.576. The third kappa shape index (κ3) is 4.22. The number of rotatable bonds is 7. The van der Waals surface area contributed by atoms with Gasteiger partial charge < -0.3 is 9.84 Å². The molecule has 0 aliphatic heterocycles. The van der Waals surface area contributed by atoms with Crippen molar-refractivity contribution in [3.05, 3.63) is 28.8 Å². The van der Waals surface area contributed by atoms with Crippen molar-refractivity contribution >= 4 is 21.6 Å². The zero-order valence-electron chi connectivity index (χ0n) is 10.0. The summed E-state index contributed by atoms with van der Waals surface area (Å²) in [6, 6.07) is 4.39. The summed E-state index contributed by atoms with van der Waals surface area (Å²) >= 11 is 5.85. The molecule has 0 heterocycles. The summed E-state index contributed by atoms with van der Waals surface area (Å²) in [7, 11) is -2.10. The number of nitrogens with one attached hydrogen (secondary N) is 1. The molecule has 0 fully saturated rings. The largest absolute Gasteiger partial charge is 0.392 e. The fourth-order valence-electron chi connectivity index (χ4n) is 1.35. The molecule has 0 saturated carbocycles. The molecule has 1 rings (SSSR count). The number of hydrogen-bond acceptors (Lipinski definition) is 4. The van der Waals surface area contributed by atoms with Gasteiger partial charge in [-0.05, 0) is 24.1 Å². The van der Waals surface area contributed by atoms with Gasteiger partial charge in [0.25, 0.3) is 0 Å². The summed E-state index contributed by atoms with van der Waals surface area (Å²) in [4.78, 5) is -0.0202. The maximum absolute atomic E-state index is 12.0. The maximum Gasteiger partial charge on any atom is 0.242 e. The van der Waals surface area contributed by atoms with Gasteiger partial charge in [0.15, 0.2) is 0 Å². The van der Waals surface area contributed by atoms with Crippen LogP contribution < -0.4 is 4.72 Å². The summed E-state index contributed by atoms with van der Waals surface area (Å²) < 4.78 is 31.2. The smallest absolute Gasteiger partial charge is 0.242 e. The van der Waals surface area contributed by atoms with E-state index < -0.39 is 10.0 Å². The molecule has 0 saturated heterocycles. The highest BCUT2D eigenvalue weighted by molar-refractivity contribution is 7.89. The van der Waals surface area contributed by atoms with Gasteiger partial charge in [0, 0.05) is 20.3 Å². The average molecular weight is 294 g/mol. The van der Waals surface area contributed by atoms with Gasteiger partial charge in [-0.3, -0.25) is 0 Å². The first kappa shape index (κ1) is 15.4. The first-order valence-corrected chi connectivity index (χ1v) is 7.25. The molecule has 0 aliphatic rings. The van der Waals surface area contributed by atoms with Crippen LogP contribution in [0.2, 0.25) is 5.02 Å². The lowest BCUT2D eigenvalue weighted by Gasteiger charge is -2.09. The third-order valence-corrected chi connectivity index (χ3v) is 4.23. The molecule has 0 radical (unpaired) electrons. The number of hydrogen-bond donors (Lipinski definition) is 2. The Kier molecular flexibility index (Phi) is 6.04. The Labute approximate surface area is 112 Å². The fourth-order valence-corrected chi connectivity index (χ4v) is 2.97. The average Bonchev–Trinajstić information content (AvgIpc) is 2.35. The van der Waals surface area contributed by atoms with Gasteiger partial charge >= 0.3 is 0 Å². The molecule has 1 aromatic carbocycles. The molecule has 5 nitrogen and oxygen atoms in total. The van der Waals surface area contributed by atoms with E-state index in [9.17, 15) is 8.42 Å². The highest BCUT2D eigenvalue weighted by Gasteiger charge is 2.17. The van der Waals surface area contributed by atoms with Crippen molar-refractivity contribution in [2.45, 2.75) is 17.9 Å². The molecule has 0 bridgehead atoms. The molecule has 0 spiro atoms. The topological polar surface area (TPSA) is 75.6 Å². The van der Waals surface area contributed by atoms with Crippen LogP contribution in [-0.4, -0.2) is 33.8 Å². The van der Waals surface area contributed by atoms with Crippen LogP contribution in [-0.2, 0) is 21.4 Å². The predicted octanol–water partition coefficient (Wildman–Crippen LogP) is 1.15. The van der Waals surface area contributed by atoms with Crippen LogP contribution in [0.1, 0.15) is 12.0 Å². The third-order valence-electron chi connectivity index (χ3n) is 2.29. The van der Waals surface area contributed by atoms with Crippen molar-refractivity contribution < 1.29 is 18.3 Å². The molecule has 18 heavy (non-hydrogen) atoms. The zero-order chi connectivity index (χ0) is 13.6. The van der Waals surface area contributed by atoms with Gasteiger partial charge in [-0.15, -0.1) is 0 Å². The fraction of sp³-hybridized carbons (Fsp3) is 0.455. The van der Waals surface area contributed by atoms with Crippen LogP contribution >= 0.6 is 11.6 Å². The molecule has 7 heteroatoms. The van der Waals surface area contributed by atoms with E-state index in [1.807, 2.05) is 0 Å². The van der Waals surface area contributed by atoms with Crippen molar-refractivity contribution in [3.63, 3.8) is 0 Å². The molecule has 0 aromatic heterocycles. The molecule has 0 aliphatic carbocycles. The lowest BCUT2D eigenvalue weighted by atomic mass is 10.2. The predicted molar refractivity (Wildman–Crippen MR) is 69.1 cm³/mol. The second-order valence-electron chi connectivity index (χ2n) is 3.67. The summed E-state index contributed by atoms with van der Waals surface area (Å²) in [5.74, 6) is 0. The second kappa shape index (κ2) is 7.06. The van der Waals surface area contributed by atoms with E-state index in [-0.39, 0.29) is 23.1 Å². The molecule has 1 aromatic rings. The standard InChI is InChI=1S/C11H16ClNO4S/c1-17-6-2-5-13-18(15,16)11-7-9(8-14)3-4-10(11)12/h3-4,7,13-14H,2,5-6,8H2,1H3. The molecule has 0 atom stereocenters. The molecular formula is C11H16ClNO4S. The normalized spacial score (nSPS) is 11.7. The van der Waals surface area contributed by atoms with Crippen molar-refractivity contribution in [1.29, 1.82) is 0 Å². The van der Waals surface area contributed by atoms with Crippen molar-refractivity contribution in [2.24, 2.45) is 0 Å². The Balaban J connectivity index is 2.83. The van der Waals surface area contributed by atoms with E-state index in [1.165, 1.54) is 12.1 Å². The van der Waals surface area contributed by atoms with Crippen molar-refractivity contribution in [3.8, 4) is 0 Å². The Morgan fingerprint density at radius 1 is 1.44 bits per heavy atom. The van der Waals surface area contributed by atoms with Crippen molar-refractivity contribution in [2.75, 3.05) is 20.3 Å². The Morgan fingerprint density at radius 2 is 2.17 bits per heavy atom. The number of ether oxygens (including phenoxy) is 1. The summed E-state index contributed by atoms with van der Waals surface area (Å²) in [6.45, 7) is 0.520. The van der Waals surface area contributed by atoms with E-state index in [0.29, 0.717) is 18.6 Å². The van der Waals surface area contributed by atoms with E-state index in [0.717, 1.165) is 0 Å². The van der Waals surface area contributed by atoms with E-state index in [2.05, 4.69) is 4.72 Å². The van der Waals surface area contributed by atoms with Crippen LogP contribution in [0, 0.1) is 0 Å². The molecule has 0 unspecified atom stereocenters. The van der Waals surface area contributed by atoms with E-state index in [4.69, 9.17) is 21.4 Å². The minimum atomic E-state index is -3.65. The van der Waals surface area contributed by atoms with Gasteiger partial charge in [-0.25, -0.2) is 13.1 Å². The lowest BCUT2D eigenvalue weighted by Crippen LogP contribution is -2.26. The highest BCUT2D eigenvalue weighted by atomic mass is 35.5. The monoisotopic (exact) mass is 293 g/mol. The summed E-state index contributed by atoms with van der Waals surface area (Å²) in [5, 5.41) is 9.12. The quantitative estimate of drug-likeness (QED) is 0.740. The Morgan fingerprint density at radius 3 is 2.78 bits per heavy atom. The van der Waals surface area contributed by atoms with E-state index in [1.54, 1.807) is 13.2 Å². The Hall–Kier alpha value is -0.660.